The summed E-state index contributed by atoms with van der Waals surface area (Å²) >= 11 is 14.9. The molecule has 1 atom stereocenters. The Morgan fingerprint density at radius 2 is 1.55 bits per heavy atom. The van der Waals surface area contributed by atoms with Crippen molar-refractivity contribution in [3.05, 3.63) is 69.0 Å². The first kappa shape index (κ1) is 15.7. The van der Waals surface area contributed by atoms with Crippen molar-refractivity contribution >= 4 is 39.1 Å². The van der Waals surface area contributed by atoms with Gasteiger partial charge in [0.25, 0.3) is 0 Å². The van der Waals surface area contributed by atoms with Crippen LogP contribution in [-0.2, 0) is 6.42 Å². The Hall–Kier alpha value is -0.710. The zero-order valence-electron chi connectivity index (χ0n) is 9.94. The summed E-state index contributed by atoms with van der Waals surface area (Å²) in [6, 6.07) is 6.25. The predicted octanol–water partition coefficient (Wildman–Crippen LogP) is 6.09. The molecule has 0 spiro atoms. The number of halogens is 6. The molecule has 6 heteroatoms. The van der Waals surface area contributed by atoms with E-state index in [-0.39, 0.29) is 12.0 Å². The Bertz CT molecular complexity index is 623. The van der Waals surface area contributed by atoms with Crippen molar-refractivity contribution < 1.29 is 13.2 Å². The van der Waals surface area contributed by atoms with Gasteiger partial charge in [0.1, 0.15) is 17.5 Å². The lowest BCUT2D eigenvalue weighted by molar-refractivity contribution is 0.522. The predicted molar refractivity (Wildman–Crippen MR) is 78.2 cm³/mol. The van der Waals surface area contributed by atoms with Crippen molar-refractivity contribution in [1.82, 2.24) is 0 Å². The number of alkyl halides is 1. The highest BCUT2D eigenvalue weighted by Gasteiger charge is 2.19. The number of hydrogen-bond donors (Lipinski definition) is 0. The molecule has 0 saturated carbocycles. The monoisotopic (exact) mass is 382 g/mol. The van der Waals surface area contributed by atoms with Gasteiger partial charge in [-0.2, -0.15) is 0 Å². The molecule has 0 aliphatic heterocycles. The van der Waals surface area contributed by atoms with Gasteiger partial charge in [-0.15, -0.1) is 0 Å². The Balaban J connectivity index is 2.28. The first-order chi connectivity index (χ1) is 9.38. The highest BCUT2D eigenvalue weighted by atomic mass is 79.9. The van der Waals surface area contributed by atoms with Gasteiger partial charge >= 0.3 is 0 Å². The summed E-state index contributed by atoms with van der Waals surface area (Å²) < 4.78 is 40.2. The van der Waals surface area contributed by atoms with Crippen LogP contribution in [0.15, 0.2) is 30.3 Å². The zero-order valence-corrected chi connectivity index (χ0v) is 13.0. The highest BCUT2D eigenvalue weighted by molar-refractivity contribution is 9.09. The highest BCUT2D eigenvalue weighted by Crippen LogP contribution is 2.33. The lowest BCUT2D eigenvalue weighted by Gasteiger charge is -2.13. The van der Waals surface area contributed by atoms with E-state index < -0.39 is 22.3 Å². The zero-order chi connectivity index (χ0) is 14.9. The van der Waals surface area contributed by atoms with Crippen LogP contribution < -0.4 is 0 Å². The molecule has 2 aromatic rings. The smallest absolute Gasteiger partial charge is 0.133 e. The lowest BCUT2D eigenvalue weighted by atomic mass is 10.0. The van der Waals surface area contributed by atoms with Crippen LogP contribution in [-0.4, -0.2) is 0 Å². The Morgan fingerprint density at radius 3 is 2.10 bits per heavy atom. The van der Waals surface area contributed by atoms with Crippen molar-refractivity contribution in [2.75, 3.05) is 0 Å². The molecule has 0 heterocycles. The van der Waals surface area contributed by atoms with E-state index in [2.05, 4.69) is 15.9 Å². The summed E-state index contributed by atoms with van der Waals surface area (Å²) in [5.41, 5.74) is 0.543. The molecule has 20 heavy (non-hydrogen) atoms. The fourth-order valence-corrected chi connectivity index (χ4v) is 2.96. The van der Waals surface area contributed by atoms with Crippen molar-refractivity contribution in [1.29, 1.82) is 0 Å². The van der Waals surface area contributed by atoms with E-state index in [9.17, 15) is 13.2 Å². The van der Waals surface area contributed by atoms with Gasteiger partial charge in [0.15, 0.2) is 0 Å². The molecule has 0 fully saturated rings. The Kier molecular flexibility index (Phi) is 4.99. The maximum absolute atomic E-state index is 13.7. The molecule has 0 N–H and O–H groups in total. The molecule has 0 bridgehead atoms. The third-order valence-electron chi connectivity index (χ3n) is 2.76. The second kappa shape index (κ2) is 6.37. The van der Waals surface area contributed by atoms with Gasteiger partial charge in [-0.3, -0.25) is 0 Å². The topological polar surface area (TPSA) is 0 Å². The van der Waals surface area contributed by atoms with Gasteiger partial charge < -0.3 is 0 Å². The average Bonchev–Trinajstić information content (AvgIpc) is 2.32. The molecule has 0 amide bonds. The number of rotatable bonds is 3. The molecule has 0 nitrogen and oxygen atoms in total. The van der Waals surface area contributed by atoms with Gasteiger partial charge in [-0.25, -0.2) is 13.2 Å². The minimum Gasteiger partial charge on any atom is -0.207 e. The molecule has 0 radical (unpaired) electrons. The third kappa shape index (κ3) is 3.48. The fraction of sp³-hybridized carbons (Fsp3) is 0.143. The standard InChI is InChI=1S/C14H8BrCl2F3/c15-9(3-7-1-2-10(16)11(17)4-7)14-12(19)5-8(18)6-13(14)20/h1-2,4-6,9H,3H2. The molecule has 2 rings (SSSR count). The molecule has 2 aromatic carbocycles. The van der Waals surface area contributed by atoms with E-state index in [1.165, 1.54) is 0 Å². The van der Waals surface area contributed by atoms with Gasteiger partial charge in [0, 0.05) is 22.5 Å². The summed E-state index contributed by atoms with van der Waals surface area (Å²) in [4.78, 5) is -0.639. The van der Waals surface area contributed by atoms with Crippen molar-refractivity contribution in [3.8, 4) is 0 Å². The van der Waals surface area contributed by atoms with Gasteiger partial charge in [0.2, 0.25) is 0 Å². The largest absolute Gasteiger partial charge is 0.207 e. The van der Waals surface area contributed by atoms with Crippen LogP contribution in [0.2, 0.25) is 10.0 Å². The third-order valence-corrected chi connectivity index (χ3v) is 4.28. The van der Waals surface area contributed by atoms with E-state index >= 15 is 0 Å². The van der Waals surface area contributed by atoms with Crippen LogP contribution >= 0.6 is 39.1 Å². The van der Waals surface area contributed by atoms with Crippen LogP contribution in [0, 0.1) is 17.5 Å². The maximum Gasteiger partial charge on any atom is 0.133 e. The van der Waals surface area contributed by atoms with E-state index in [4.69, 9.17) is 23.2 Å². The lowest BCUT2D eigenvalue weighted by Crippen LogP contribution is -2.03. The summed E-state index contributed by atoms with van der Waals surface area (Å²) in [6.45, 7) is 0. The van der Waals surface area contributed by atoms with Gasteiger partial charge in [-0.05, 0) is 24.1 Å². The molecule has 106 valence electrons. The number of benzene rings is 2. The summed E-state index contributed by atoms with van der Waals surface area (Å²) in [7, 11) is 0. The van der Waals surface area contributed by atoms with Crippen LogP contribution in [0.3, 0.4) is 0 Å². The normalized spacial score (nSPS) is 12.5. The summed E-state index contributed by atoms with van der Waals surface area (Å²) in [5.74, 6) is -2.80. The van der Waals surface area contributed by atoms with Crippen molar-refractivity contribution in [2.24, 2.45) is 0 Å². The SMILES string of the molecule is Fc1cc(F)c(C(Br)Cc2ccc(Cl)c(Cl)c2)c(F)c1. The van der Waals surface area contributed by atoms with E-state index in [1.807, 2.05) is 0 Å². The second-order valence-electron chi connectivity index (χ2n) is 4.20. The molecular formula is C14H8BrCl2F3. The van der Waals surface area contributed by atoms with E-state index in [0.717, 1.165) is 5.56 Å². The first-order valence-electron chi connectivity index (χ1n) is 5.61. The second-order valence-corrected chi connectivity index (χ2v) is 6.12. The number of hydrogen-bond acceptors (Lipinski definition) is 0. The van der Waals surface area contributed by atoms with E-state index in [1.54, 1.807) is 18.2 Å². The average molecular weight is 384 g/mol. The van der Waals surface area contributed by atoms with Crippen molar-refractivity contribution in [2.45, 2.75) is 11.2 Å². The minimum atomic E-state index is -0.946. The molecule has 1 unspecified atom stereocenters. The molecular weight excluding hydrogens is 376 g/mol. The molecule has 0 saturated heterocycles. The summed E-state index contributed by atoms with van der Waals surface area (Å²) in [5, 5.41) is 0.768. The first-order valence-corrected chi connectivity index (χ1v) is 7.28. The minimum absolute atomic E-state index is 0.211. The summed E-state index contributed by atoms with van der Waals surface area (Å²) in [6.07, 6.45) is 0.288. The van der Waals surface area contributed by atoms with Crippen molar-refractivity contribution in [3.63, 3.8) is 0 Å². The van der Waals surface area contributed by atoms with Crippen LogP contribution in [0.25, 0.3) is 0 Å². The quantitative estimate of drug-likeness (QED) is 0.562. The molecule has 0 aromatic heterocycles. The van der Waals surface area contributed by atoms with Crippen LogP contribution in [0.4, 0.5) is 13.2 Å². The maximum atomic E-state index is 13.7. The van der Waals surface area contributed by atoms with Gasteiger partial charge in [0.05, 0.1) is 10.0 Å². The fourth-order valence-electron chi connectivity index (χ4n) is 1.83. The molecule has 0 aliphatic rings. The Morgan fingerprint density at radius 1 is 0.950 bits per heavy atom. The molecule has 0 aliphatic carbocycles. The Labute approximate surface area is 132 Å². The van der Waals surface area contributed by atoms with Crippen LogP contribution in [0.1, 0.15) is 16.0 Å². The van der Waals surface area contributed by atoms with Gasteiger partial charge in [-0.1, -0.05) is 45.2 Å². The van der Waals surface area contributed by atoms with Crippen LogP contribution in [0.5, 0.6) is 0 Å². The van der Waals surface area contributed by atoms with E-state index in [0.29, 0.717) is 22.2 Å².